The van der Waals surface area contributed by atoms with Crippen LogP contribution in [0.15, 0.2) is 30.6 Å². The van der Waals surface area contributed by atoms with Crippen molar-refractivity contribution in [2.45, 2.75) is 104 Å². The van der Waals surface area contributed by atoms with E-state index in [1.165, 1.54) is 89.9 Å². The van der Waals surface area contributed by atoms with Gasteiger partial charge in [0.15, 0.2) is 0 Å². The van der Waals surface area contributed by atoms with Gasteiger partial charge in [0, 0.05) is 12.4 Å². The third-order valence-electron chi connectivity index (χ3n) is 4.02. The lowest BCUT2D eigenvalue weighted by Crippen LogP contribution is -1.82. The molecular formula is C21H40ClN. The summed E-state index contributed by atoms with van der Waals surface area (Å²) in [6, 6.07) is 5.72. The standard InChI is InChI=1S/C16H34.C5H5N.ClH/c1-3-5-7-9-11-13-15-16-14-12-10-8-6-4-2;1-2-4-6-5-3-1;/h3-16H2,1-2H3;1-5H;1H. The van der Waals surface area contributed by atoms with E-state index in [0.717, 1.165) is 0 Å². The van der Waals surface area contributed by atoms with E-state index in [2.05, 4.69) is 18.8 Å². The third kappa shape index (κ3) is 23.8. The maximum atomic E-state index is 3.78. The number of nitrogens with zero attached hydrogens (tertiary/aromatic N) is 1. The Balaban J connectivity index is 0. The maximum Gasteiger partial charge on any atom is 0.0267 e. The Kier molecular flexibility index (Phi) is 25.4. The summed E-state index contributed by atoms with van der Waals surface area (Å²) in [6.45, 7) is 4.58. The Bertz CT molecular complexity index is 236. The highest BCUT2D eigenvalue weighted by Gasteiger charge is 1.92. The first-order valence-corrected chi connectivity index (χ1v) is 9.76. The predicted molar refractivity (Wildman–Crippen MR) is 107 cm³/mol. The minimum atomic E-state index is 0. The first kappa shape index (κ1) is 24.7. The fraction of sp³-hybridized carbons (Fsp3) is 0.762. The molecule has 0 aromatic carbocycles. The summed E-state index contributed by atoms with van der Waals surface area (Å²) in [7, 11) is 0. The average molecular weight is 342 g/mol. The summed E-state index contributed by atoms with van der Waals surface area (Å²) in [5.74, 6) is 0. The van der Waals surface area contributed by atoms with E-state index in [1.807, 2.05) is 18.2 Å². The Morgan fingerprint density at radius 1 is 0.478 bits per heavy atom. The minimum Gasteiger partial charge on any atom is -0.265 e. The number of halogens is 1. The molecule has 136 valence electrons. The molecule has 0 amide bonds. The van der Waals surface area contributed by atoms with Crippen LogP contribution >= 0.6 is 12.4 Å². The molecule has 0 radical (unpaired) electrons. The van der Waals surface area contributed by atoms with Gasteiger partial charge in [-0.3, -0.25) is 4.98 Å². The van der Waals surface area contributed by atoms with Gasteiger partial charge in [-0.25, -0.2) is 0 Å². The van der Waals surface area contributed by atoms with Crippen LogP contribution in [0, 0.1) is 0 Å². The second-order valence-electron chi connectivity index (χ2n) is 6.27. The van der Waals surface area contributed by atoms with Crippen LogP contribution in [-0.4, -0.2) is 4.98 Å². The van der Waals surface area contributed by atoms with Crippen molar-refractivity contribution in [3.63, 3.8) is 0 Å². The molecule has 0 spiro atoms. The molecule has 0 saturated heterocycles. The molecule has 0 atom stereocenters. The van der Waals surface area contributed by atoms with E-state index in [-0.39, 0.29) is 12.4 Å². The van der Waals surface area contributed by atoms with Crippen LogP contribution in [0.5, 0.6) is 0 Å². The zero-order chi connectivity index (χ0) is 16.1. The van der Waals surface area contributed by atoms with E-state index in [4.69, 9.17) is 0 Å². The highest BCUT2D eigenvalue weighted by Crippen LogP contribution is 2.12. The van der Waals surface area contributed by atoms with Gasteiger partial charge in [0.1, 0.15) is 0 Å². The molecule has 0 N–H and O–H groups in total. The molecule has 2 heteroatoms. The number of unbranched alkanes of at least 4 members (excludes halogenated alkanes) is 13. The van der Waals surface area contributed by atoms with Crippen LogP contribution in [-0.2, 0) is 0 Å². The van der Waals surface area contributed by atoms with Gasteiger partial charge in [0.2, 0.25) is 0 Å². The topological polar surface area (TPSA) is 12.9 Å². The zero-order valence-corrected chi connectivity index (χ0v) is 16.5. The van der Waals surface area contributed by atoms with Gasteiger partial charge in [-0.05, 0) is 12.1 Å². The van der Waals surface area contributed by atoms with Gasteiger partial charge in [0.25, 0.3) is 0 Å². The van der Waals surface area contributed by atoms with Crippen LogP contribution in [0.2, 0.25) is 0 Å². The molecule has 1 nitrogen and oxygen atoms in total. The van der Waals surface area contributed by atoms with Crippen molar-refractivity contribution >= 4 is 12.4 Å². The van der Waals surface area contributed by atoms with Crippen LogP contribution in [0.4, 0.5) is 0 Å². The summed E-state index contributed by atoms with van der Waals surface area (Å²) in [6.07, 6.45) is 23.9. The monoisotopic (exact) mass is 341 g/mol. The molecule has 0 aliphatic carbocycles. The van der Waals surface area contributed by atoms with Crippen molar-refractivity contribution in [1.29, 1.82) is 0 Å². The molecule has 0 bridgehead atoms. The quantitative estimate of drug-likeness (QED) is 0.331. The molecule has 0 aliphatic heterocycles. The zero-order valence-electron chi connectivity index (χ0n) is 15.6. The number of pyridine rings is 1. The molecule has 1 rings (SSSR count). The lowest BCUT2D eigenvalue weighted by Gasteiger charge is -2.02. The van der Waals surface area contributed by atoms with Crippen molar-refractivity contribution in [2.24, 2.45) is 0 Å². The first-order chi connectivity index (χ1) is 10.9. The molecule has 0 fully saturated rings. The Hall–Kier alpha value is -0.560. The predicted octanol–water partition coefficient (Wildman–Crippen LogP) is 7.99. The van der Waals surface area contributed by atoms with E-state index >= 15 is 0 Å². The van der Waals surface area contributed by atoms with Crippen LogP contribution in [0.25, 0.3) is 0 Å². The van der Waals surface area contributed by atoms with Gasteiger partial charge in [-0.15, -0.1) is 12.4 Å². The SMILES string of the molecule is CCCCCCCCCCCCCCCC.Cl.c1ccncc1. The van der Waals surface area contributed by atoms with Crippen LogP contribution in [0.3, 0.4) is 0 Å². The number of hydrogen-bond acceptors (Lipinski definition) is 1. The second kappa shape index (κ2) is 23.7. The van der Waals surface area contributed by atoms with Crippen molar-refractivity contribution in [3.05, 3.63) is 30.6 Å². The third-order valence-corrected chi connectivity index (χ3v) is 4.02. The average Bonchev–Trinajstić information content (AvgIpc) is 2.58. The lowest BCUT2D eigenvalue weighted by atomic mass is 10.0. The summed E-state index contributed by atoms with van der Waals surface area (Å²) in [5, 5.41) is 0. The molecule has 1 aromatic rings. The normalized spacial score (nSPS) is 9.65. The second-order valence-corrected chi connectivity index (χ2v) is 6.27. The highest BCUT2D eigenvalue weighted by molar-refractivity contribution is 5.85. The van der Waals surface area contributed by atoms with E-state index in [1.54, 1.807) is 12.4 Å². The molecular weight excluding hydrogens is 302 g/mol. The number of aromatic nitrogens is 1. The molecule has 0 unspecified atom stereocenters. The summed E-state index contributed by atoms with van der Waals surface area (Å²) < 4.78 is 0. The molecule has 0 saturated carbocycles. The van der Waals surface area contributed by atoms with Gasteiger partial charge in [0.05, 0.1) is 0 Å². The molecule has 23 heavy (non-hydrogen) atoms. The van der Waals surface area contributed by atoms with Gasteiger partial charge in [-0.2, -0.15) is 0 Å². The highest BCUT2D eigenvalue weighted by atomic mass is 35.5. The smallest absolute Gasteiger partial charge is 0.0267 e. The fourth-order valence-electron chi connectivity index (χ4n) is 2.58. The minimum absolute atomic E-state index is 0. The summed E-state index contributed by atoms with van der Waals surface area (Å²) >= 11 is 0. The van der Waals surface area contributed by atoms with Crippen molar-refractivity contribution in [3.8, 4) is 0 Å². The number of rotatable bonds is 13. The lowest BCUT2D eigenvalue weighted by molar-refractivity contribution is 0.538. The van der Waals surface area contributed by atoms with Gasteiger partial charge >= 0.3 is 0 Å². The molecule has 0 aliphatic rings. The van der Waals surface area contributed by atoms with Crippen molar-refractivity contribution < 1.29 is 0 Å². The number of hydrogen-bond donors (Lipinski definition) is 0. The van der Waals surface area contributed by atoms with Crippen LogP contribution in [0.1, 0.15) is 104 Å². The Morgan fingerprint density at radius 2 is 0.783 bits per heavy atom. The molecule has 1 aromatic heterocycles. The Morgan fingerprint density at radius 3 is 0.957 bits per heavy atom. The van der Waals surface area contributed by atoms with E-state index < -0.39 is 0 Å². The van der Waals surface area contributed by atoms with Crippen LogP contribution < -0.4 is 0 Å². The Labute approximate surface area is 152 Å². The first-order valence-electron chi connectivity index (χ1n) is 9.76. The van der Waals surface area contributed by atoms with Crippen molar-refractivity contribution in [2.75, 3.05) is 0 Å². The van der Waals surface area contributed by atoms with E-state index in [9.17, 15) is 0 Å². The molecule has 1 heterocycles. The maximum absolute atomic E-state index is 3.78. The largest absolute Gasteiger partial charge is 0.265 e. The van der Waals surface area contributed by atoms with Gasteiger partial charge < -0.3 is 0 Å². The van der Waals surface area contributed by atoms with Crippen molar-refractivity contribution in [1.82, 2.24) is 4.98 Å². The summed E-state index contributed by atoms with van der Waals surface area (Å²) in [5.41, 5.74) is 0. The summed E-state index contributed by atoms with van der Waals surface area (Å²) in [4.78, 5) is 3.78. The van der Waals surface area contributed by atoms with Gasteiger partial charge in [-0.1, -0.05) is 110 Å². The fourth-order valence-corrected chi connectivity index (χ4v) is 2.58. The van der Waals surface area contributed by atoms with E-state index in [0.29, 0.717) is 0 Å².